The summed E-state index contributed by atoms with van der Waals surface area (Å²) in [5.74, 6) is -1.42. The Kier molecular flexibility index (Phi) is 4.91. The third-order valence-electron chi connectivity index (χ3n) is 2.21. The van der Waals surface area contributed by atoms with E-state index in [-0.39, 0.29) is 19.3 Å². The molecule has 2 amide bonds. The van der Waals surface area contributed by atoms with Crippen molar-refractivity contribution in [1.82, 2.24) is 10.9 Å². The topological polar surface area (TPSA) is 109 Å². The van der Waals surface area contributed by atoms with Gasteiger partial charge in [0.15, 0.2) is 0 Å². The van der Waals surface area contributed by atoms with Crippen molar-refractivity contribution in [3.8, 4) is 0 Å². The number of aliphatic carboxylic acids is 1. The van der Waals surface area contributed by atoms with E-state index >= 15 is 0 Å². The molecule has 0 fully saturated rings. The Bertz CT molecular complexity index is 452. The number of carboxylic acid groups (broad SMARTS) is 1. The quantitative estimate of drug-likeness (QED) is 0.667. The number of hydrogen-bond donors (Lipinski definition) is 3. The second-order valence-electron chi connectivity index (χ2n) is 3.64. The number of carbonyl (C=O) groups excluding carboxylic acids is 2. The van der Waals surface area contributed by atoms with Gasteiger partial charge in [0.05, 0.1) is 11.8 Å². The van der Waals surface area contributed by atoms with Gasteiger partial charge in [-0.1, -0.05) is 0 Å². The van der Waals surface area contributed by atoms with Crippen molar-refractivity contribution in [3.05, 3.63) is 23.7 Å². The molecule has 0 atom stereocenters. The van der Waals surface area contributed by atoms with Crippen molar-refractivity contribution in [2.24, 2.45) is 0 Å². The summed E-state index contributed by atoms with van der Waals surface area (Å²) in [5.41, 5.74) is 4.75. The summed E-state index contributed by atoms with van der Waals surface area (Å²) in [6, 6.07) is 1.49. The van der Waals surface area contributed by atoms with Gasteiger partial charge in [0.2, 0.25) is 5.91 Å². The number of hydrogen-bond acceptors (Lipinski definition) is 4. The monoisotopic (exact) mass is 254 g/mol. The Morgan fingerprint density at radius 3 is 2.56 bits per heavy atom. The molecule has 1 aromatic rings. The molecule has 0 bridgehead atoms. The molecule has 7 nitrogen and oxygen atoms in total. The van der Waals surface area contributed by atoms with Gasteiger partial charge in [0.25, 0.3) is 5.91 Å². The van der Waals surface area contributed by atoms with Crippen molar-refractivity contribution in [2.75, 3.05) is 0 Å². The largest absolute Gasteiger partial charge is 0.481 e. The number of aryl methyl sites for hydroxylation is 1. The predicted molar refractivity (Wildman–Crippen MR) is 60.5 cm³/mol. The van der Waals surface area contributed by atoms with Crippen LogP contribution in [0.1, 0.15) is 35.4 Å². The normalized spacial score (nSPS) is 9.83. The van der Waals surface area contributed by atoms with Crippen molar-refractivity contribution in [3.63, 3.8) is 0 Å². The first-order chi connectivity index (χ1) is 8.50. The van der Waals surface area contributed by atoms with Crippen LogP contribution in [0.3, 0.4) is 0 Å². The van der Waals surface area contributed by atoms with Crippen LogP contribution < -0.4 is 10.9 Å². The van der Waals surface area contributed by atoms with Gasteiger partial charge in [-0.25, -0.2) is 0 Å². The fourth-order valence-electron chi connectivity index (χ4n) is 1.28. The summed E-state index contributed by atoms with van der Waals surface area (Å²) in [6.45, 7) is 1.63. The van der Waals surface area contributed by atoms with Crippen LogP contribution in [0.15, 0.2) is 16.7 Å². The van der Waals surface area contributed by atoms with E-state index < -0.39 is 17.8 Å². The van der Waals surface area contributed by atoms with Crippen LogP contribution in [0.5, 0.6) is 0 Å². The lowest BCUT2D eigenvalue weighted by atomic mass is 10.2. The Balaban J connectivity index is 2.28. The molecule has 7 heteroatoms. The SMILES string of the molecule is Cc1occc1C(=O)NNC(=O)CCCC(=O)O. The Labute approximate surface area is 103 Å². The van der Waals surface area contributed by atoms with E-state index in [9.17, 15) is 14.4 Å². The zero-order valence-electron chi connectivity index (χ0n) is 9.86. The average molecular weight is 254 g/mol. The molecule has 1 aromatic heterocycles. The van der Waals surface area contributed by atoms with Gasteiger partial charge < -0.3 is 9.52 Å². The first-order valence-electron chi connectivity index (χ1n) is 5.35. The molecule has 0 unspecified atom stereocenters. The maximum Gasteiger partial charge on any atom is 0.303 e. The molecule has 0 radical (unpaired) electrons. The van der Waals surface area contributed by atoms with E-state index in [0.29, 0.717) is 11.3 Å². The zero-order chi connectivity index (χ0) is 13.5. The van der Waals surface area contributed by atoms with Crippen LogP contribution in [0.4, 0.5) is 0 Å². The fraction of sp³-hybridized carbons (Fsp3) is 0.364. The second-order valence-corrected chi connectivity index (χ2v) is 3.64. The van der Waals surface area contributed by atoms with E-state index in [1.807, 2.05) is 0 Å². The Morgan fingerprint density at radius 2 is 2.00 bits per heavy atom. The lowest BCUT2D eigenvalue weighted by Gasteiger charge is -2.06. The van der Waals surface area contributed by atoms with Gasteiger partial charge in [0, 0.05) is 12.8 Å². The first kappa shape index (κ1) is 13.8. The molecule has 3 N–H and O–H groups in total. The summed E-state index contributed by atoms with van der Waals surface area (Å²) < 4.78 is 4.94. The van der Waals surface area contributed by atoms with E-state index in [4.69, 9.17) is 9.52 Å². The van der Waals surface area contributed by atoms with Gasteiger partial charge in [-0.2, -0.15) is 0 Å². The minimum atomic E-state index is -0.958. The highest BCUT2D eigenvalue weighted by molar-refractivity contribution is 5.96. The lowest BCUT2D eigenvalue weighted by Crippen LogP contribution is -2.41. The molecule has 0 saturated heterocycles. The summed E-state index contributed by atoms with van der Waals surface area (Å²) >= 11 is 0. The Hall–Kier alpha value is -2.31. The number of furan rings is 1. The molecule has 0 spiro atoms. The third kappa shape index (κ3) is 4.28. The highest BCUT2D eigenvalue weighted by Crippen LogP contribution is 2.07. The van der Waals surface area contributed by atoms with Crippen molar-refractivity contribution < 1.29 is 23.9 Å². The molecule has 0 aliphatic rings. The third-order valence-corrected chi connectivity index (χ3v) is 2.21. The van der Waals surface area contributed by atoms with E-state index in [1.165, 1.54) is 12.3 Å². The van der Waals surface area contributed by atoms with Crippen LogP contribution in [0.2, 0.25) is 0 Å². The van der Waals surface area contributed by atoms with Crippen LogP contribution in [-0.4, -0.2) is 22.9 Å². The molecule has 0 aliphatic heterocycles. The van der Waals surface area contributed by atoms with Crippen molar-refractivity contribution in [1.29, 1.82) is 0 Å². The first-order valence-corrected chi connectivity index (χ1v) is 5.35. The van der Waals surface area contributed by atoms with Crippen LogP contribution in [0.25, 0.3) is 0 Å². The lowest BCUT2D eigenvalue weighted by molar-refractivity contribution is -0.137. The number of hydrazine groups is 1. The molecule has 18 heavy (non-hydrogen) atoms. The number of carboxylic acids is 1. The summed E-state index contributed by atoms with van der Waals surface area (Å²) in [6.07, 6.45) is 1.56. The number of carbonyl (C=O) groups is 3. The number of rotatable bonds is 5. The standard InChI is InChI=1S/C11H14N2O5/c1-7-8(5-6-18-7)11(17)13-12-9(14)3-2-4-10(15)16/h5-6H,2-4H2,1H3,(H,12,14)(H,13,17)(H,15,16). The molecule has 0 saturated carbocycles. The highest BCUT2D eigenvalue weighted by Gasteiger charge is 2.12. The molecule has 0 aliphatic carbocycles. The van der Waals surface area contributed by atoms with Crippen molar-refractivity contribution >= 4 is 17.8 Å². The van der Waals surface area contributed by atoms with Crippen molar-refractivity contribution in [2.45, 2.75) is 26.2 Å². The second kappa shape index (κ2) is 6.43. The summed E-state index contributed by atoms with van der Waals surface area (Å²) in [4.78, 5) is 33.0. The maximum absolute atomic E-state index is 11.5. The fourth-order valence-corrected chi connectivity index (χ4v) is 1.28. The average Bonchev–Trinajstić information content (AvgIpc) is 2.72. The molecular weight excluding hydrogens is 240 g/mol. The molecule has 0 aromatic carbocycles. The maximum atomic E-state index is 11.5. The van der Waals surface area contributed by atoms with Gasteiger partial charge in [-0.15, -0.1) is 0 Å². The van der Waals surface area contributed by atoms with Crippen LogP contribution in [0, 0.1) is 6.92 Å². The minimum absolute atomic E-state index is 0.0386. The van der Waals surface area contributed by atoms with E-state index in [0.717, 1.165) is 0 Å². The highest BCUT2D eigenvalue weighted by atomic mass is 16.4. The summed E-state index contributed by atoms with van der Waals surface area (Å²) in [5, 5.41) is 8.39. The van der Waals surface area contributed by atoms with Crippen LogP contribution >= 0.6 is 0 Å². The molecule has 98 valence electrons. The minimum Gasteiger partial charge on any atom is -0.481 e. The van der Waals surface area contributed by atoms with Gasteiger partial charge >= 0.3 is 5.97 Å². The number of nitrogens with one attached hydrogen (secondary N) is 2. The molecule has 1 heterocycles. The Morgan fingerprint density at radius 1 is 1.28 bits per heavy atom. The van der Waals surface area contributed by atoms with E-state index in [1.54, 1.807) is 6.92 Å². The number of amides is 2. The molecule has 1 rings (SSSR count). The predicted octanol–water partition coefficient (Wildman–Crippen LogP) is 0.604. The molecular formula is C11H14N2O5. The smallest absolute Gasteiger partial charge is 0.303 e. The van der Waals surface area contributed by atoms with E-state index in [2.05, 4.69) is 10.9 Å². The van der Waals surface area contributed by atoms with Gasteiger partial charge in [-0.3, -0.25) is 25.2 Å². The van der Waals surface area contributed by atoms with Gasteiger partial charge in [0.1, 0.15) is 5.76 Å². The zero-order valence-corrected chi connectivity index (χ0v) is 9.86. The van der Waals surface area contributed by atoms with Gasteiger partial charge in [-0.05, 0) is 19.4 Å². The summed E-state index contributed by atoms with van der Waals surface area (Å²) in [7, 11) is 0. The van der Waals surface area contributed by atoms with Crippen LogP contribution in [-0.2, 0) is 9.59 Å².